The number of aliphatic hydroxyl groups excluding tert-OH is 1. The van der Waals surface area contributed by atoms with Gasteiger partial charge < -0.3 is 14.8 Å². The van der Waals surface area contributed by atoms with Crippen LogP contribution in [0.5, 0.6) is 0 Å². The smallest absolute Gasteiger partial charge is 0.277 e. The number of carbonyl (C=O) groups is 1. The van der Waals surface area contributed by atoms with E-state index in [1.54, 1.807) is 0 Å². The third kappa shape index (κ3) is 6.50. The molecule has 2 N–H and O–H groups in total. The molecule has 30 heavy (non-hydrogen) atoms. The number of nitrogens with zero attached hydrogens (tertiary/aromatic N) is 3. The molecule has 1 aliphatic heterocycles. The van der Waals surface area contributed by atoms with Crippen LogP contribution >= 0.6 is 11.6 Å². The SMILES string of the molecule is CCCCC(O)CN1CCN(Cc2nc(C(=O)Nc3ccc(F)c(Cl)c3)co2)CC1. The molecule has 1 amide bonds. The predicted octanol–water partition coefficient (Wildman–Crippen LogP) is 3.39. The summed E-state index contributed by atoms with van der Waals surface area (Å²) in [6.07, 6.45) is 4.05. The van der Waals surface area contributed by atoms with Gasteiger partial charge in [-0.25, -0.2) is 9.37 Å². The molecule has 0 aliphatic carbocycles. The minimum atomic E-state index is -0.547. The maximum atomic E-state index is 13.2. The van der Waals surface area contributed by atoms with Crippen LogP contribution in [-0.2, 0) is 6.54 Å². The van der Waals surface area contributed by atoms with Crippen LogP contribution in [0.3, 0.4) is 0 Å². The third-order valence-electron chi connectivity index (χ3n) is 5.15. The number of aromatic nitrogens is 1. The molecule has 1 aliphatic rings. The van der Waals surface area contributed by atoms with E-state index >= 15 is 0 Å². The van der Waals surface area contributed by atoms with Gasteiger partial charge in [0.25, 0.3) is 5.91 Å². The van der Waals surface area contributed by atoms with Gasteiger partial charge in [0.15, 0.2) is 5.69 Å². The molecule has 0 radical (unpaired) electrons. The van der Waals surface area contributed by atoms with Crippen molar-refractivity contribution in [2.75, 3.05) is 38.0 Å². The van der Waals surface area contributed by atoms with E-state index in [0.29, 0.717) is 24.7 Å². The van der Waals surface area contributed by atoms with E-state index in [4.69, 9.17) is 16.0 Å². The van der Waals surface area contributed by atoms with Crippen molar-refractivity contribution in [3.8, 4) is 0 Å². The van der Waals surface area contributed by atoms with Crippen molar-refractivity contribution in [2.45, 2.75) is 38.8 Å². The van der Waals surface area contributed by atoms with Crippen molar-refractivity contribution in [3.05, 3.63) is 46.9 Å². The summed E-state index contributed by atoms with van der Waals surface area (Å²) in [6, 6.07) is 3.96. The molecule has 1 saturated heterocycles. The van der Waals surface area contributed by atoms with Gasteiger partial charge in [0.2, 0.25) is 5.89 Å². The van der Waals surface area contributed by atoms with Crippen LogP contribution < -0.4 is 5.32 Å². The number of rotatable bonds is 9. The fraction of sp³-hybridized carbons (Fsp3) is 0.524. The fourth-order valence-corrected chi connectivity index (χ4v) is 3.59. The Hall–Kier alpha value is -2.00. The number of carbonyl (C=O) groups excluding carboxylic acids is 1. The van der Waals surface area contributed by atoms with Crippen molar-refractivity contribution in [1.29, 1.82) is 0 Å². The van der Waals surface area contributed by atoms with Crippen LogP contribution in [0.2, 0.25) is 5.02 Å². The van der Waals surface area contributed by atoms with Crippen LogP contribution in [0, 0.1) is 5.82 Å². The lowest BCUT2D eigenvalue weighted by molar-refractivity contribution is 0.0627. The second kappa shape index (κ2) is 10.9. The summed E-state index contributed by atoms with van der Waals surface area (Å²) >= 11 is 5.73. The first-order valence-electron chi connectivity index (χ1n) is 10.3. The van der Waals surface area contributed by atoms with Gasteiger partial charge in [-0.15, -0.1) is 0 Å². The summed E-state index contributed by atoms with van der Waals surface area (Å²) in [6.45, 7) is 6.80. The number of hydrogen-bond donors (Lipinski definition) is 2. The highest BCUT2D eigenvalue weighted by atomic mass is 35.5. The van der Waals surface area contributed by atoms with Crippen molar-refractivity contribution < 1.29 is 18.7 Å². The van der Waals surface area contributed by atoms with Crippen LogP contribution in [0.1, 0.15) is 42.6 Å². The number of oxazole rings is 1. The Morgan fingerprint density at radius 3 is 2.77 bits per heavy atom. The highest BCUT2D eigenvalue weighted by molar-refractivity contribution is 6.31. The highest BCUT2D eigenvalue weighted by Gasteiger charge is 2.21. The topological polar surface area (TPSA) is 81.8 Å². The number of β-amino-alcohol motifs (C(OH)–C–C–N with tert-alkyl or cyclic N) is 1. The Morgan fingerprint density at radius 1 is 1.33 bits per heavy atom. The number of hydrogen-bond acceptors (Lipinski definition) is 6. The molecule has 1 aromatic heterocycles. The molecule has 9 heteroatoms. The minimum absolute atomic E-state index is 0.0642. The van der Waals surface area contributed by atoms with E-state index < -0.39 is 11.7 Å². The first-order chi connectivity index (χ1) is 14.4. The quantitative estimate of drug-likeness (QED) is 0.624. The average Bonchev–Trinajstić information content (AvgIpc) is 3.19. The molecule has 7 nitrogen and oxygen atoms in total. The third-order valence-corrected chi connectivity index (χ3v) is 5.44. The van der Waals surface area contributed by atoms with E-state index in [1.807, 2.05) is 0 Å². The second-order valence-corrected chi connectivity index (χ2v) is 7.99. The normalized spacial score (nSPS) is 16.5. The van der Waals surface area contributed by atoms with Crippen molar-refractivity contribution in [2.24, 2.45) is 0 Å². The summed E-state index contributed by atoms with van der Waals surface area (Å²) in [7, 11) is 0. The number of amides is 1. The Kier molecular flexibility index (Phi) is 8.21. The highest BCUT2D eigenvalue weighted by Crippen LogP contribution is 2.20. The number of aliphatic hydroxyl groups is 1. The Labute approximate surface area is 180 Å². The number of unbranched alkanes of at least 4 members (excludes halogenated alkanes) is 1. The van der Waals surface area contributed by atoms with Gasteiger partial charge in [-0.2, -0.15) is 0 Å². The molecule has 0 bridgehead atoms. The standard InChI is InChI=1S/C21H28ClFN4O3/c1-2-3-4-16(28)12-26-7-9-27(10-8-26)13-20-25-19(14-30-20)21(29)24-15-5-6-18(23)17(22)11-15/h5-6,11,14,16,28H,2-4,7-10,12-13H2,1H3,(H,24,29). The number of halogens is 2. The minimum Gasteiger partial charge on any atom is -0.447 e. The van der Waals surface area contributed by atoms with Crippen molar-refractivity contribution >= 4 is 23.2 Å². The first kappa shape index (κ1) is 22.7. The molecular formula is C21H28ClFN4O3. The van der Waals surface area contributed by atoms with Gasteiger partial charge in [0.1, 0.15) is 12.1 Å². The first-order valence-corrected chi connectivity index (χ1v) is 10.7. The molecule has 1 atom stereocenters. The second-order valence-electron chi connectivity index (χ2n) is 7.58. The average molecular weight is 439 g/mol. The van der Waals surface area contributed by atoms with Gasteiger partial charge in [-0.05, 0) is 24.6 Å². The largest absolute Gasteiger partial charge is 0.447 e. The lowest BCUT2D eigenvalue weighted by Gasteiger charge is -2.35. The Bertz CT molecular complexity index is 839. The summed E-state index contributed by atoms with van der Waals surface area (Å²) in [5, 5.41) is 12.6. The zero-order chi connectivity index (χ0) is 21.5. The predicted molar refractivity (Wildman–Crippen MR) is 113 cm³/mol. The van der Waals surface area contributed by atoms with E-state index in [1.165, 1.54) is 24.5 Å². The summed E-state index contributed by atoms with van der Waals surface area (Å²) in [5.41, 5.74) is 0.538. The number of nitrogens with one attached hydrogen (secondary N) is 1. The number of anilines is 1. The van der Waals surface area contributed by atoms with Gasteiger partial charge in [-0.1, -0.05) is 31.4 Å². The molecule has 2 heterocycles. The molecule has 164 valence electrons. The van der Waals surface area contributed by atoms with Gasteiger partial charge >= 0.3 is 0 Å². The van der Waals surface area contributed by atoms with E-state index in [2.05, 4.69) is 27.0 Å². The Balaban J connectivity index is 1.45. The maximum Gasteiger partial charge on any atom is 0.277 e. The fourth-order valence-electron chi connectivity index (χ4n) is 3.41. The van der Waals surface area contributed by atoms with Crippen LogP contribution in [0.4, 0.5) is 10.1 Å². The van der Waals surface area contributed by atoms with Crippen molar-refractivity contribution in [1.82, 2.24) is 14.8 Å². The monoisotopic (exact) mass is 438 g/mol. The molecule has 3 rings (SSSR count). The van der Waals surface area contributed by atoms with Gasteiger partial charge in [0, 0.05) is 38.4 Å². The van der Waals surface area contributed by atoms with E-state index in [0.717, 1.165) is 45.4 Å². The molecule has 1 fully saturated rings. The zero-order valence-electron chi connectivity index (χ0n) is 17.1. The lowest BCUT2D eigenvalue weighted by Crippen LogP contribution is -2.48. The van der Waals surface area contributed by atoms with Gasteiger partial charge in [-0.3, -0.25) is 14.6 Å². The molecule has 0 saturated carbocycles. The van der Waals surface area contributed by atoms with Gasteiger partial charge in [0.05, 0.1) is 17.7 Å². The van der Waals surface area contributed by atoms with Crippen LogP contribution in [-0.4, -0.2) is 64.6 Å². The molecule has 1 unspecified atom stereocenters. The van der Waals surface area contributed by atoms with E-state index in [-0.39, 0.29) is 16.8 Å². The molecular weight excluding hydrogens is 411 g/mol. The summed E-state index contributed by atoms with van der Waals surface area (Å²) in [5.74, 6) is -0.527. The lowest BCUT2D eigenvalue weighted by atomic mass is 10.1. The zero-order valence-corrected chi connectivity index (χ0v) is 17.9. The summed E-state index contributed by atoms with van der Waals surface area (Å²) in [4.78, 5) is 21.1. The van der Waals surface area contributed by atoms with Crippen LogP contribution in [0.25, 0.3) is 0 Å². The maximum absolute atomic E-state index is 13.2. The molecule has 0 spiro atoms. The number of benzene rings is 1. The Morgan fingerprint density at radius 2 is 2.07 bits per heavy atom. The number of piperazine rings is 1. The molecule has 1 aromatic carbocycles. The van der Waals surface area contributed by atoms with Crippen molar-refractivity contribution in [3.63, 3.8) is 0 Å². The molecule has 2 aromatic rings. The van der Waals surface area contributed by atoms with E-state index in [9.17, 15) is 14.3 Å². The summed E-state index contributed by atoms with van der Waals surface area (Å²) < 4.78 is 18.7. The van der Waals surface area contributed by atoms with Crippen LogP contribution in [0.15, 0.2) is 28.9 Å².